The molecule has 0 N–H and O–H groups in total. The van der Waals surface area contributed by atoms with Crippen molar-refractivity contribution >= 4 is 0 Å². The van der Waals surface area contributed by atoms with E-state index in [4.69, 9.17) is 0 Å². The quantitative estimate of drug-likeness (QED) is 0.546. The first-order valence-corrected chi connectivity index (χ1v) is 4.12. The average molecular weight is 142 g/mol. The molecule has 0 aromatic carbocycles. The summed E-state index contributed by atoms with van der Waals surface area (Å²) in [6, 6.07) is 0. The van der Waals surface area contributed by atoms with Crippen molar-refractivity contribution in [2.45, 2.75) is 26.7 Å². The summed E-state index contributed by atoms with van der Waals surface area (Å²) in [5.74, 6) is 1.55. The van der Waals surface area contributed by atoms with E-state index in [0.29, 0.717) is 0 Å². The average Bonchev–Trinajstić information content (AvgIpc) is 1.88. The summed E-state index contributed by atoms with van der Waals surface area (Å²) < 4.78 is 0. The highest BCUT2D eigenvalue weighted by Gasteiger charge is 2.20. The smallest absolute Gasteiger partial charge is 0.0274 e. The highest BCUT2D eigenvalue weighted by Crippen LogP contribution is 2.23. The Bertz CT molecular complexity index is 95.4. The molecule has 10 heavy (non-hydrogen) atoms. The zero-order valence-corrected chi connectivity index (χ0v) is 6.84. The Kier molecular flexibility index (Phi) is 2.69. The third kappa shape index (κ3) is 1.96. The van der Waals surface area contributed by atoms with Gasteiger partial charge in [-0.1, -0.05) is 13.8 Å². The Balaban J connectivity index is 2.26. The minimum Gasteiger partial charge on any atom is -0.155 e. The summed E-state index contributed by atoms with van der Waals surface area (Å²) in [7, 11) is 0. The molecule has 1 rings (SSSR count). The van der Waals surface area contributed by atoms with Crippen LogP contribution >= 0.6 is 0 Å². The molecular weight excluding hydrogens is 126 g/mol. The minimum absolute atomic E-state index is 0.753. The molecule has 1 radical (unpaired) electrons. The van der Waals surface area contributed by atoms with Crippen molar-refractivity contribution in [1.82, 2.24) is 5.06 Å². The second-order valence-corrected chi connectivity index (χ2v) is 3.51. The lowest BCUT2D eigenvalue weighted by molar-refractivity contribution is -0.174. The van der Waals surface area contributed by atoms with Crippen molar-refractivity contribution in [1.29, 1.82) is 0 Å². The zero-order chi connectivity index (χ0) is 7.56. The molecule has 2 nitrogen and oxygen atoms in total. The molecule has 2 heteroatoms. The van der Waals surface area contributed by atoms with E-state index < -0.39 is 0 Å². The minimum atomic E-state index is 0.753. The maximum absolute atomic E-state index is 10.7. The van der Waals surface area contributed by atoms with Crippen molar-refractivity contribution in [2.24, 2.45) is 11.8 Å². The van der Waals surface area contributed by atoms with Gasteiger partial charge in [0.15, 0.2) is 0 Å². The van der Waals surface area contributed by atoms with Crippen LogP contribution in [0.25, 0.3) is 0 Å². The molecule has 1 fully saturated rings. The van der Waals surface area contributed by atoms with Gasteiger partial charge in [-0.3, -0.25) is 0 Å². The number of piperidine rings is 1. The first-order valence-electron chi connectivity index (χ1n) is 4.12. The Labute approximate surface area is 62.8 Å². The van der Waals surface area contributed by atoms with Gasteiger partial charge in [-0.15, -0.1) is 5.21 Å². The third-order valence-corrected chi connectivity index (χ3v) is 2.44. The number of rotatable bonds is 1. The van der Waals surface area contributed by atoms with Crippen LogP contribution in [0.3, 0.4) is 0 Å². The molecule has 0 amide bonds. The van der Waals surface area contributed by atoms with E-state index in [1.54, 1.807) is 0 Å². The van der Waals surface area contributed by atoms with Gasteiger partial charge < -0.3 is 0 Å². The van der Waals surface area contributed by atoms with Gasteiger partial charge in [0.25, 0.3) is 0 Å². The second-order valence-electron chi connectivity index (χ2n) is 3.51. The SMILES string of the molecule is CC(C)C1CCN([O])CC1. The van der Waals surface area contributed by atoms with E-state index in [0.717, 1.165) is 37.8 Å². The van der Waals surface area contributed by atoms with Crippen molar-refractivity contribution in [2.75, 3.05) is 13.1 Å². The Morgan fingerprint density at radius 1 is 1.30 bits per heavy atom. The van der Waals surface area contributed by atoms with Crippen molar-refractivity contribution in [3.63, 3.8) is 0 Å². The van der Waals surface area contributed by atoms with Crippen LogP contribution in [0.1, 0.15) is 26.7 Å². The van der Waals surface area contributed by atoms with Gasteiger partial charge in [-0.05, 0) is 24.7 Å². The highest BCUT2D eigenvalue weighted by molar-refractivity contribution is 4.69. The van der Waals surface area contributed by atoms with E-state index in [1.165, 1.54) is 5.06 Å². The van der Waals surface area contributed by atoms with Crippen molar-refractivity contribution in [3.8, 4) is 0 Å². The lowest BCUT2D eigenvalue weighted by atomic mass is 9.87. The van der Waals surface area contributed by atoms with E-state index in [1.807, 2.05) is 0 Å². The molecular formula is C8H16NO. The van der Waals surface area contributed by atoms with E-state index >= 15 is 0 Å². The molecule has 1 aliphatic rings. The van der Waals surface area contributed by atoms with Gasteiger partial charge in [-0.25, -0.2) is 0 Å². The molecule has 59 valence electrons. The van der Waals surface area contributed by atoms with E-state index in [9.17, 15) is 5.21 Å². The predicted octanol–water partition coefficient (Wildman–Crippen LogP) is 1.70. The molecule has 0 saturated carbocycles. The number of nitrogens with zero attached hydrogens (tertiary/aromatic N) is 1. The molecule has 1 aliphatic heterocycles. The predicted molar refractivity (Wildman–Crippen MR) is 39.8 cm³/mol. The summed E-state index contributed by atoms with van der Waals surface area (Å²) in [5, 5.41) is 11.9. The topological polar surface area (TPSA) is 23.1 Å². The van der Waals surface area contributed by atoms with Crippen LogP contribution in [0, 0.1) is 11.8 Å². The summed E-state index contributed by atoms with van der Waals surface area (Å²) in [5.41, 5.74) is 0. The van der Waals surface area contributed by atoms with Crippen LogP contribution in [0.5, 0.6) is 0 Å². The van der Waals surface area contributed by atoms with Gasteiger partial charge in [0.1, 0.15) is 0 Å². The fourth-order valence-electron chi connectivity index (χ4n) is 1.54. The lowest BCUT2D eigenvalue weighted by Gasteiger charge is -2.28. The monoisotopic (exact) mass is 142 g/mol. The summed E-state index contributed by atoms with van der Waals surface area (Å²) in [6.07, 6.45) is 2.20. The Morgan fingerprint density at radius 3 is 2.20 bits per heavy atom. The van der Waals surface area contributed by atoms with Crippen LogP contribution in [0.2, 0.25) is 0 Å². The van der Waals surface area contributed by atoms with Gasteiger partial charge in [-0.2, -0.15) is 5.06 Å². The van der Waals surface area contributed by atoms with Crippen LogP contribution in [0.4, 0.5) is 0 Å². The lowest BCUT2D eigenvalue weighted by Crippen LogP contribution is -2.31. The maximum Gasteiger partial charge on any atom is 0.0274 e. The van der Waals surface area contributed by atoms with Crippen LogP contribution in [0.15, 0.2) is 0 Å². The fourth-order valence-corrected chi connectivity index (χ4v) is 1.54. The summed E-state index contributed by atoms with van der Waals surface area (Å²) in [6.45, 7) is 5.99. The second kappa shape index (κ2) is 3.35. The van der Waals surface area contributed by atoms with Crippen molar-refractivity contribution < 1.29 is 5.21 Å². The molecule has 1 saturated heterocycles. The van der Waals surface area contributed by atoms with Crippen LogP contribution in [-0.4, -0.2) is 18.2 Å². The van der Waals surface area contributed by atoms with Gasteiger partial charge in [0.05, 0.1) is 0 Å². The third-order valence-electron chi connectivity index (χ3n) is 2.44. The zero-order valence-electron chi connectivity index (χ0n) is 6.84. The first kappa shape index (κ1) is 8.02. The highest BCUT2D eigenvalue weighted by atomic mass is 16.5. The van der Waals surface area contributed by atoms with Gasteiger partial charge in [0, 0.05) is 13.1 Å². The molecule has 0 aromatic heterocycles. The Hall–Kier alpha value is -0.0800. The molecule has 0 aromatic rings. The molecule has 1 heterocycles. The van der Waals surface area contributed by atoms with Gasteiger partial charge >= 0.3 is 0 Å². The Morgan fingerprint density at radius 2 is 1.80 bits per heavy atom. The first-order chi connectivity index (χ1) is 4.70. The number of hydrogen-bond donors (Lipinski definition) is 0. The number of hydroxylamine groups is 2. The molecule has 0 spiro atoms. The van der Waals surface area contributed by atoms with E-state index in [2.05, 4.69) is 13.8 Å². The summed E-state index contributed by atoms with van der Waals surface area (Å²) >= 11 is 0. The molecule has 0 bridgehead atoms. The maximum atomic E-state index is 10.7. The van der Waals surface area contributed by atoms with Gasteiger partial charge in [0.2, 0.25) is 0 Å². The van der Waals surface area contributed by atoms with E-state index in [-0.39, 0.29) is 0 Å². The van der Waals surface area contributed by atoms with Crippen molar-refractivity contribution in [3.05, 3.63) is 0 Å². The normalized spacial score (nSPS) is 24.0. The number of hydrogen-bond acceptors (Lipinski definition) is 1. The molecule has 0 atom stereocenters. The standard InChI is InChI=1S/C8H16NO/c1-7(2)8-3-5-9(10)6-4-8/h7-8H,3-6H2,1-2H3. The fraction of sp³-hybridized carbons (Fsp3) is 1.00. The largest absolute Gasteiger partial charge is 0.155 e. The summed E-state index contributed by atoms with van der Waals surface area (Å²) in [4.78, 5) is 0. The van der Waals surface area contributed by atoms with Crippen LogP contribution < -0.4 is 0 Å². The molecule has 0 aliphatic carbocycles. The van der Waals surface area contributed by atoms with Crippen LogP contribution in [-0.2, 0) is 5.21 Å². The molecule has 0 unspecified atom stereocenters.